The second-order valence-corrected chi connectivity index (χ2v) is 5.88. The third-order valence-corrected chi connectivity index (χ3v) is 4.25. The summed E-state index contributed by atoms with van der Waals surface area (Å²) < 4.78 is 2.03. The molecule has 3 rings (SSSR count). The molecule has 5 heteroatoms. The van der Waals surface area contributed by atoms with E-state index in [0.717, 1.165) is 41.0 Å². The van der Waals surface area contributed by atoms with Gasteiger partial charge in [-0.1, -0.05) is 12.1 Å². The smallest absolute Gasteiger partial charge is 0.126 e. The van der Waals surface area contributed by atoms with Crippen molar-refractivity contribution in [2.75, 3.05) is 0 Å². The van der Waals surface area contributed by atoms with Crippen LogP contribution in [0.4, 0.5) is 0 Å². The number of allylic oxidation sites excluding steroid dienone is 2. The summed E-state index contributed by atoms with van der Waals surface area (Å²) in [4.78, 5) is 4.61. The number of fused-ring (bicyclic) bond motifs is 1. The van der Waals surface area contributed by atoms with Crippen LogP contribution in [0.25, 0.3) is 17.1 Å². The predicted molar refractivity (Wildman–Crippen MR) is 88.1 cm³/mol. The van der Waals surface area contributed by atoms with Gasteiger partial charge in [0.1, 0.15) is 5.82 Å². The Labute approximate surface area is 130 Å². The predicted octanol–water partition coefficient (Wildman–Crippen LogP) is 3.02. The molecule has 1 atom stereocenters. The van der Waals surface area contributed by atoms with Gasteiger partial charge in [-0.3, -0.25) is 10.7 Å². The van der Waals surface area contributed by atoms with Gasteiger partial charge in [-0.2, -0.15) is 0 Å². The zero-order valence-electron chi connectivity index (χ0n) is 13.0. The summed E-state index contributed by atoms with van der Waals surface area (Å²) in [5.41, 5.74) is 13.4. The van der Waals surface area contributed by atoms with Crippen LogP contribution in [-0.2, 0) is 7.05 Å². The van der Waals surface area contributed by atoms with E-state index in [9.17, 15) is 5.21 Å². The van der Waals surface area contributed by atoms with E-state index in [1.54, 1.807) is 0 Å². The van der Waals surface area contributed by atoms with Crippen molar-refractivity contribution < 1.29 is 5.21 Å². The quantitative estimate of drug-likeness (QED) is 0.758. The van der Waals surface area contributed by atoms with Crippen LogP contribution < -0.4 is 11.2 Å². The molecule has 0 spiro atoms. The number of aryl methyl sites for hydroxylation is 1. The molecule has 1 aromatic carbocycles. The lowest BCUT2D eigenvalue weighted by Gasteiger charge is -2.19. The van der Waals surface area contributed by atoms with Crippen molar-refractivity contribution in [3.05, 3.63) is 46.9 Å². The number of hydrogen-bond donors (Lipinski definition) is 3. The minimum Gasteiger partial charge on any atom is -0.330 e. The van der Waals surface area contributed by atoms with Crippen LogP contribution in [0.3, 0.4) is 0 Å². The summed E-state index contributed by atoms with van der Waals surface area (Å²) in [6.07, 6.45) is 7.23. The van der Waals surface area contributed by atoms with Crippen molar-refractivity contribution in [3.63, 3.8) is 0 Å². The lowest BCUT2D eigenvalue weighted by atomic mass is 9.90. The molecule has 1 saturated carbocycles. The summed E-state index contributed by atoms with van der Waals surface area (Å²) in [6, 6.07) is 6.05. The first-order valence-electron chi connectivity index (χ1n) is 7.62. The highest BCUT2D eigenvalue weighted by Crippen LogP contribution is 2.28. The third kappa shape index (κ3) is 2.65. The van der Waals surface area contributed by atoms with Gasteiger partial charge in [0, 0.05) is 7.05 Å². The van der Waals surface area contributed by atoms with E-state index in [0.29, 0.717) is 0 Å². The summed E-state index contributed by atoms with van der Waals surface area (Å²) in [5, 5.41) is 9.22. The summed E-state index contributed by atoms with van der Waals surface area (Å²) >= 11 is 0. The van der Waals surface area contributed by atoms with E-state index >= 15 is 0 Å². The minimum atomic E-state index is -0.0927. The van der Waals surface area contributed by atoms with Gasteiger partial charge in [-0.25, -0.2) is 4.98 Å². The molecule has 116 valence electrons. The first-order chi connectivity index (χ1) is 10.6. The Hall–Kier alpha value is -2.11. The standard InChI is InChI=1S/C17H22N4O/c1-11(18)17-19-15-10-12(7-9-16(15)21(17)2)6-8-14(20-22)13-4-3-5-13/h6-11,20,22H,3-5,18H2,1-2H3/b8-6+. The molecule has 0 radical (unpaired) electrons. The number of benzene rings is 1. The molecule has 1 aromatic heterocycles. The molecule has 1 aliphatic rings. The van der Waals surface area contributed by atoms with Crippen LogP contribution in [0.1, 0.15) is 43.6 Å². The number of imidazole rings is 1. The first-order valence-corrected chi connectivity index (χ1v) is 7.62. The number of nitrogens with one attached hydrogen (secondary N) is 1. The molecule has 0 amide bonds. The van der Waals surface area contributed by atoms with Gasteiger partial charge in [0.05, 0.1) is 22.8 Å². The van der Waals surface area contributed by atoms with Crippen LogP contribution in [0.2, 0.25) is 0 Å². The molecule has 5 nitrogen and oxygen atoms in total. The maximum Gasteiger partial charge on any atom is 0.126 e. The fraction of sp³-hybridized carbons (Fsp3) is 0.353. The zero-order chi connectivity index (χ0) is 15.7. The topological polar surface area (TPSA) is 76.1 Å². The number of hydrogen-bond acceptors (Lipinski definition) is 4. The number of nitrogens with two attached hydrogens (primary N) is 1. The molecule has 0 bridgehead atoms. The Bertz CT molecular complexity index is 749. The Morgan fingerprint density at radius 1 is 1.45 bits per heavy atom. The second-order valence-electron chi connectivity index (χ2n) is 5.88. The summed E-state index contributed by atoms with van der Waals surface area (Å²) in [6.45, 7) is 1.94. The Kier molecular flexibility index (Phi) is 4.00. The van der Waals surface area contributed by atoms with Crippen molar-refractivity contribution in [1.29, 1.82) is 0 Å². The van der Waals surface area contributed by atoms with Crippen LogP contribution >= 0.6 is 0 Å². The number of rotatable bonds is 4. The molecule has 0 saturated heterocycles. The van der Waals surface area contributed by atoms with Crippen molar-refractivity contribution in [2.45, 2.75) is 32.2 Å². The van der Waals surface area contributed by atoms with Gasteiger partial charge in [0.25, 0.3) is 0 Å². The molecular weight excluding hydrogens is 276 g/mol. The van der Waals surface area contributed by atoms with Gasteiger partial charge in [-0.05, 0) is 55.5 Å². The third-order valence-electron chi connectivity index (χ3n) is 4.25. The van der Waals surface area contributed by atoms with Crippen molar-refractivity contribution in [2.24, 2.45) is 12.8 Å². The summed E-state index contributed by atoms with van der Waals surface area (Å²) in [5.74, 6) is 0.880. The molecule has 2 aromatic rings. The van der Waals surface area contributed by atoms with Gasteiger partial charge in [-0.15, -0.1) is 0 Å². The van der Waals surface area contributed by atoms with Gasteiger partial charge in [0.2, 0.25) is 0 Å². The van der Waals surface area contributed by atoms with Crippen LogP contribution in [0, 0.1) is 0 Å². The zero-order valence-corrected chi connectivity index (χ0v) is 13.0. The highest BCUT2D eigenvalue weighted by Gasteiger charge is 2.13. The molecule has 1 unspecified atom stereocenters. The highest BCUT2D eigenvalue weighted by molar-refractivity contribution is 5.79. The highest BCUT2D eigenvalue weighted by atomic mass is 16.5. The normalized spacial score (nSPS) is 16.1. The Morgan fingerprint density at radius 2 is 2.23 bits per heavy atom. The number of aromatic nitrogens is 2. The molecular formula is C17H22N4O. The lowest BCUT2D eigenvalue weighted by molar-refractivity contribution is 0.202. The van der Waals surface area contributed by atoms with Crippen molar-refractivity contribution in [1.82, 2.24) is 15.0 Å². The lowest BCUT2D eigenvalue weighted by Crippen LogP contribution is -2.12. The van der Waals surface area contributed by atoms with E-state index in [4.69, 9.17) is 5.73 Å². The Morgan fingerprint density at radius 3 is 2.82 bits per heavy atom. The average Bonchev–Trinajstić information content (AvgIpc) is 2.78. The van der Waals surface area contributed by atoms with Gasteiger partial charge < -0.3 is 10.3 Å². The van der Waals surface area contributed by atoms with Crippen LogP contribution in [-0.4, -0.2) is 14.8 Å². The molecule has 1 fully saturated rings. The van der Waals surface area contributed by atoms with E-state index in [1.807, 2.05) is 42.8 Å². The molecule has 22 heavy (non-hydrogen) atoms. The molecule has 0 aliphatic heterocycles. The average molecular weight is 298 g/mol. The van der Waals surface area contributed by atoms with E-state index in [-0.39, 0.29) is 6.04 Å². The van der Waals surface area contributed by atoms with Crippen molar-refractivity contribution in [3.8, 4) is 0 Å². The second kappa shape index (κ2) is 5.94. The maximum atomic E-state index is 9.22. The SMILES string of the molecule is CC(N)c1nc2cc(/C=C/C(NO)=C3CCC3)ccc2n1C. The van der Waals surface area contributed by atoms with Crippen LogP contribution in [0.15, 0.2) is 35.5 Å². The van der Waals surface area contributed by atoms with Crippen LogP contribution in [0.5, 0.6) is 0 Å². The Balaban J connectivity index is 1.92. The van der Waals surface area contributed by atoms with E-state index < -0.39 is 0 Å². The largest absolute Gasteiger partial charge is 0.330 e. The first kappa shape index (κ1) is 14.8. The van der Waals surface area contributed by atoms with E-state index in [1.165, 1.54) is 12.0 Å². The molecule has 4 N–H and O–H groups in total. The van der Waals surface area contributed by atoms with Crippen molar-refractivity contribution >= 4 is 17.1 Å². The number of nitrogens with zero attached hydrogens (tertiary/aromatic N) is 2. The van der Waals surface area contributed by atoms with Gasteiger partial charge >= 0.3 is 0 Å². The summed E-state index contributed by atoms with van der Waals surface area (Å²) in [7, 11) is 1.98. The fourth-order valence-electron chi connectivity index (χ4n) is 2.78. The van der Waals surface area contributed by atoms with Gasteiger partial charge in [0.15, 0.2) is 0 Å². The molecule has 1 heterocycles. The minimum absolute atomic E-state index is 0.0927. The maximum absolute atomic E-state index is 9.22. The number of hydroxylamine groups is 1. The fourth-order valence-corrected chi connectivity index (χ4v) is 2.78. The molecule has 1 aliphatic carbocycles. The van der Waals surface area contributed by atoms with E-state index in [2.05, 4.69) is 16.5 Å². The monoisotopic (exact) mass is 298 g/mol.